The summed E-state index contributed by atoms with van der Waals surface area (Å²) in [5, 5.41) is 0. The maximum Gasteiger partial charge on any atom is 0.329 e. The number of rotatable bonds is 8. The molecule has 0 radical (unpaired) electrons. The third-order valence-electron chi connectivity index (χ3n) is 6.15. The summed E-state index contributed by atoms with van der Waals surface area (Å²) in [7, 11) is 3.25. The molecule has 0 saturated heterocycles. The normalized spacial score (nSPS) is 15.8. The minimum absolute atomic E-state index is 0.0483. The summed E-state index contributed by atoms with van der Waals surface area (Å²) >= 11 is 0. The summed E-state index contributed by atoms with van der Waals surface area (Å²) in [4.78, 5) is 34.3. The van der Waals surface area contributed by atoms with Gasteiger partial charge in [0, 0.05) is 36.2 Å². The van der Waals surface area contributed by atoms with Gasteiger partial charge in [-0.15, -0.1) is 0 Å². The number of halogens is 2. The van der Waals surface area contributed by atoms with Crippen LogP contribution in [0.4, 0.5) is 30.8 Å². The molecule has 36 heavy (non-hydrogen) atoms. The van der Waals surface area contributed by atoms with Crippen LogP contribution >= 0.6 is 10.0 Å². The minimum Gasteiger partial charge on any atom is -0.493 e. The van der Waals surface area contributed by atoms with Gasteiger partial charge in [0.05, 0.1) is 39.5 Å². The molecule has 0 spiro atoms. The first kappa shape index (κ1) is 26.0. The van der Waals surface area contributed by atoms with Gasteiger partial charge >= 0.3 is 6.03 Å². The van der Waals surface area contributed by atoms with Gasteiger partial charge < -0.3 is 14.2 Å². The van der Waals surface area contributed by atoms with E-state index in [1.165, 1.54) is 37.3 Å². The van der Waals surface area contributed by atoms with Gasteiger partial charge in [-0.1, -0.05) is 0 Å². The number of nitrogens with zero attached hydrogens (tertiary/aromatic N) is 4. The fourth-order valence-electron chi connectivity index (χ4n) is 4.27. The first-order chi connectivity index (χ1) is 17.0. The van der Waals surface area contributed by atoms with Crippen molar-refractivity contribution in [2.45, 2.75) is 13.0 Å². The summed E-state index contributed by atoms with van der Waals surface area (Å²) in [6.45, 7) is 0.441. The smallest absolute Gasteiger partial charge is 0.329 e. The van der Waals surface area contributed by atoms with Crippen molar-refractivity contribution in [3.63, 3.8) is 0 Å². The Morgan fingerprint density at radius 3 is 2.28 bits per heavy atom. The predicted molar refractivity (Wildman–Crippen MR) is 136 cm³/mol. The fourth-order valence-corrected chi connectivity index (χ4v) is 4.89. The molecule has 0 bridgehead atoms. The van der Waals surface area contributed by atoms with Crippen molar-refractivity contribution in [1.29, 1.82) is 0 Å². The van der Waals surface area contributed by atoms with Crippen LogP contribution < -0.4 is 24.2 Å². The summed E-state index contributed by atoms with van der Waals surface area (Å²) in [5.41, 5.74) is 1.05. The van der Waals surface area contributed by atoms with Crippen LogP contribution in [-0.4, -0.2) is 76.0 Å². The van der Waals surface area contributed by atoms with Crippen molar-refractivity contribution in [3.05, 3.63) is 35.0 Å². The Kier molecular flexibility index (Phi) is 7.02. The van der Waals surface area contributed by atoms with Crippen molar-refractivity contribution in [2.24, 2.45) is 0 Å². The highest BCUT2D eigenvalue weighted by Crippen LogP contribution is 2.44. The van der Waals surface area contributed by atoms with E-state index in [-0.39, 0.29) is 37.1 Å². The molecule has 12 heteroatoms. The summed E-state index contributed by atoms with van der Waals surface area (Å²) in [6.07, 6.45) is 8.14. The molecule has 2 aliphatic heterocycles. The average Bonchev–Trinajstić information content (AvgIpc) is 3.14. The zero-order valence-electron chi connectivity index (χ0n) is 21.2. The Bertz CT molecular complexity index is 1190. The molecule has 0 fully saturated rings. The van der Waals surface area contributed by atoms with Crippen molar-refractivity contribution >= 4 is 39.2 Å². The van der Waals surface area contributed by atoms with Crippen LogP contribution in [0.5, 0.6) is 11.5 Å². The number of carbonyl (C=O) groups excluding carboxylic acids is 2. The van der Waals surface area contributed by atoms with Gasteiger partial charge in [-0.2, -0.15) is 0 Å². The first-order valence-electron chi connectivity index (χ1n) is 11.2. The van der Waals surface area contributed by atoms with Crippen LogP contribution in [0.2, 0.25) is 0 Å². The molecule has 0 aliphatic carbocycles. The highest BCUT2D eigenvalue weighted by molar-refractivity contribution is 8.32. The van der Waals surface area contributed by atoms with Crippen molar-refractivity contribution < 1.29 is 32.6 Å². The van der Waals surface area contributed by atoms with E-state index < -0.39 is 33.4 Å². The van der Waals surface area contributed by atoms with E-state index in [0.717, 1.165) is 16.7 Å². The van der Waals surface area contributed by atoms with Gasteiger partial charge in [0.2, 0.25) is 5.91 Å². The molecule has 4 rings (SSSR count). The van der Waals surface area contributed by atoms with E-state index in [4.69, 9.17) is 14.2 Å². The van der Waals surface area contributed by atoms with E-state index >= 15 is 8.78 Å². The van der Waals surface area contributed by atoms with E-state index in [0.29, 0.717) is 29.2 Å². The van der Waals surface area contributed by atoms with Crippen LogP contribution in [0.15, 0.2) is 12.3 Å². The SMILES string of the molecule is COc1cc(OC)c(F)c(N2Cc3cnc4c(c3N(C)C2=O)CC(=O)N4COCCS(C)(C)C)c1F. The molecule has 0 saturated carbocycles. The van der Waals surface area contributed by atoms with E-state index in [1.807, 2.05) is 0 Å². The lowest BCUT2D eigenvalue weighted by molar-refractivity contribution is -0.118. The minimum atomic E-state index is -1.02. The van der Waals surface area contributed by atoms with E-state index in [2.05, 4.69) is 23.8 Å². The summed E-state index contributed by atoms with van der Waals surface area (Å²) < 4.78 is 46.1. The van der Waals surface area contributed by atoms with Crippen LogP contribution in [0.1, 0.15) is 11.1 Å². The molecule has 3 heterocycles. The van der Waals surface area contributed by atoms with Gasteiger partial charge in [0.1, 0.15) is 18.2 Å². The standard InChI is InChI=1S/C24H30F2N4O5S/c1-28-21-14(11-27-23-15(21)9-18(31)30(23)13-35-7-8-36(4,5)6)12-29(24(28)32)22-19(25)16(33-2)10-17(34-3)20(22)26/h10-11H,7-9,12-13H2,1-6H3. The Morgan fingerprint density at radius 1 is 1.06 bits per heavy atom. The van der Waals surface area contributed by atoms with Gasteiger partial charge in [-0.3, -0.25) is 19.5 Å². The first-order valence-corrected chi connectivity index (χ1v) is 14.2. The Morgan fingerprint density at radius 2 is 1.69 bits per heavy atom. The molecular formula is C24H30F2N4O5S. The molecule has 9 nitrogen and oxygen atoms in total. The molecule has 2 aromatic rings. The number of pyridine rings is 1. The third-order valence-corrected chi connectivity index (χ3v) is 7.54. The second-order valence-corrected chi connectivity index (χ2v) is 14.0. The van der Waals surface area contributed by atoms with Crippen molar-refractivity contribution in [2.75, 3.05) is 73.8 Å². The second kappa shape index (κ2) is 9.74. The number of carbonyl (C=O) groups is 2. The van der Waals surface area contributed by atoms with Gasteiger partial charge in [-0.05, 0) is 18.8 Å². The highest BCUT2D eigenvalue weighted by atomic mass is 32.3. The lowest BCUT2D eigenvalue weighted by Crippen LogP contribution is -2.46. The van der Waals surface area contributed by atoms with Crippen molar-refractivity contribution in [1.82, 2.24) is 4.98 Å². The van der Waals surface area contributed by atoms with Crippen LogP contribution in [0.3, 0.4) is 0 Å². The number of benzene rings is 1. The van der Waals surface area contributed by atoms with Gasteiger partial charge in [0.25, 0.3) is 0 Å². The van der Waals surface area contributed by atoms with E-state index in [9.17, 15) is 9.59 Å². The lowest BCUT2D eigenvalue weighted by Gasteiger charge is -2.36. The maximum absolute atomic E-state index is 15.1. The van der Waals surface area contributed by atoms with Gasteiger partial charge in [0.15, 0.2) is 23.1 Å². The number of urea groups is 1. The molecule has 196 valence electrons. The van der Waals surface area contributed by atoms with Crippen LogP contribution in [0, 0.1) is 11.6 Å². The van der Waals surface area contributed by atoms with Gasteiger partial charge in [-0.25, -0.2) is 28.6 Å². The Balaban J connectivity index is 1.66. The molecule has 2 aliphatic rings. The monoisotopic (exact) mass is 524 g/mol. The highest BCUT2D eigenvalue weighted by Gasteiger charge is 2.40. The molecule has 1 aromatic carbocycles. The number of aromatic nitrogens is 1. The molecule has 0 unspecified atom stereocenters. The Hall–Kier alpha value is -3.12. The van der Waals surface area contributed by atoms with Crippen LogP contribution in [-0.2, 0) is 22.5 Å². The molecular weight excluding hydrogens is 494 g/mol. The summed E-state index contributed by atoms with van der Waals surface area (Å²) in [6, 6.07) is 0.416. The number of ether oxygens (including phenoxy) is 3. The third kappa shape index (κ3) is 4.55. The number of methoxy groups -OCH3 is 2. The molecule has 3 amide bonds. The predicted octanol–water partition coefficient (Wildman–Crippen LogP) is 3.51. The summed E-state index contributed by atoms with van der Waals surface area (Å²) in [5.74, 6) is -1.41. The van der Waals surface area contributed by atoms with Crippen LogP contribution in [0.25, 0.3) is 0 Å². The zero-order chi connectivity index (χ0) is 26.4. The lowest BCUT2D eigenvalue weighted by atomic mass is 10.0. The molecule has 0 atom stereocenters. The molecule has 0 N–H and O–H groups in total. The number of amides is 3. The van der Waals surface area contributed by atoms with Crippen molar-refractivity contribution in [3.8, 4) is 11.5 Å². The topological polar surface area (TPSA) is 84.4 Å². The Labute approximate surface area is 210 Å². The molecule has 1 aromatic heterocycles. The average molecular weight is 525 g/mol. The number of fused-ring (bicyclic) bond motifs is 3. The largest absolute Gasteiger partial charge is 0.493 e. The second-order valence-electron chi connectivity index (χ2n) is 9.45. The van der Waals surface area contributed by atoms with E-state index in [1.54, 1.807) is 0 Å². The number of hydrogen-bond donors (Lipinski definition) is 0. The maximum atomic E-state index is 15.1. The quantitative estimate of drug-likeness (QED) is 0.492. The number of hydrogen-bond acceptors (Lipinski definition) is 6. The zero-order valence-corrected chi connectivity index (χ0v) is 22.0. The fraction of sp³-hybridized carbons (Fsp3) is 0.458. The number of anilines is 3.